The maximum atomic E-state index is 12.4. The molecule has 2 fully saturated rings. The van der Waals surface area contributed by atoms with Crippen molar-refractivity contribution < 1.29 is 22.7 Å². The summed E-state index contributed by atoms with van der Waals surface area (Å²) in [5.41, 5.74) is -0.716. The molecule has 0 aromatic rings. The van der Waals surface area contributed by atoms with E-state index < -0.39 is 18.3 Å². The summed E-state index contributed by atoms with van der Waals surface area (Å²) in [4.78, 5) is 16.7. The van der Waals surface area contributed by atoms with Crippen molar-refractivity contribution >= 4 is 5.91 Å². The van der Waals surface area contributed by atoms with E-state index in [0.717, 1.165) is 64.7 Å². The van der Waals surface area contributed by atoms with Crippen LogP contribution in [0, 0.1) is 11.3 Å². The molecule has 28 heavy (non-hydrogen) atoms. The van der Waals surface area contributed by atoms with Crippen LogP contribution in [-0.2, 0) is 9.53 Å². The van der Waals surface area contributed by atoms with Crippen LogP contribution in [0.3, 0.4) is 0 Å². The Labute approximate surface area is 165 Å². The summed E-state index contributed by atoms with van der Waals surface area (Å²) >= 11 is 0. The van der Waals surface area contributed by atoms with E-state index in [1.165, 1.54) is 0 Å². The molecule has 1 saturated carbocycles. The van der Waals surface area contributed by atoms with Gasteiger partial charge in [-0.2, -0.15) is 18.4 Å². The third kappa shape index (κ3) is 8.33. The smallest absolute Gasteiger partial charge is 0.372 e. The summed E-state index contributed by atoms with van der Waals surface area (Å²) in [6, 6.07) is 2.33. The molecule has 1 saturated heterocycles. The lowest BCUT2D eigenvalue weighted by Gasteiger charge is -2.35. The molecule has 9 heteroatoms. The van der Waals surface area contributed by atoms with Crippen LogP contribution in [0.25, 0.3) is 0 Å². The molecule has 1 aliphatic heterocycles. The Balaban J connectivity index is 1.62. The lowest BCUT2D eigenvalue weighted by molar-refractivity contribution is -0.174. The SMILES string of the molecule is N#CC1(NC(=O)CN2CCN(CCCOCC(F)(F)F)CC2)CCCCCC1. The molecule has 0 radical (unpaired) electrons. The van der Waals surface area contributed by atoms with Gasteiger partial charge in [0.15, 0.2) is 0 Å². The number of piperazine rings is 1. The van der Waals surface area contributed by atoms with Crippen molar-refractivity contribution in [2.75, 3.05) is 52.5 Å². The Morgan fingerprint density at radius 3 is 2.25 bits per heavy atom. The fourth-order valence-corrected chi connectivity index (χ4v) is 3.86. The summed E-state index contributed by atoms with van der Waals surface area (Å²) < 4.78 is 40.6. The predicted molar refractivity (Wildman–Crippen MR) is 98.6 cm³/mol. The predicted octanol–water partition coefficient (Wildman–Crippen LogP) is 2.31. The summed E-state index contributed by atoms with van der Waals surface area (Å²) in [6.45, 7) is 2.89. The van der Waals surface area contributed by atoms with E-state index in [4.69, 9.17) is 0 Å². The molecule has 2 aliphatic rings. The maximum absolute atomic E-state index is 12.4. The number of halogens is 3. The first-order valence-electron chi connectivity index (χ1n) is 10.1. The van der Waals surface area contributed by atoms with Crippen molar-refractivity contribution in [2.45, 2.75) is 56.7 Å². The molecular formula is C19H31F3N4O2. The number of nitriles is 1. The average molecular weight is 404 g/mol. The van der Waals surface area contributed by atoms with E-state index in [2.05, 4.69) is 25.9 Å². The average Bonchev–Trinajstić information content (AvgIpc) is 2.88. The molecule has 2 rings (SSSR count). The van der Waals surface area contributed by atoms with E-state index in [-0.39, 0.29) is 19.1 Å². The standard InChI is InChI=1S/C19H31F3N4O2/c20-19(21,22)16-28-13-5-8-25-9-11-26(12-10-25)14-17(27)24-18(15-23)6-3-1-2-4-7-18/h1-14,16H2,(H,24,27). The summed E-state index contributed by atoms with van der Waals surface area (Å²) in [6.07, 6.45) is 1.90. The fraction of sp³-hybridized carbons (Fsp3) is 0.895. The van der Waals surface area contributed by atoms with Gasteiger partial charge in [0.05, 0.1) is 12.6 Å². The van der Waals surface area contributed by atoms with Crippen LogP contribution in [0.4, 0.5) is 13.2 Å². The zero-order chi connectivity index (χ0) is 20.5. The Hall–Kier alpha value is -1.37. The number of carbonyl (C=O) groups excluding carboxylic acids is 1. The molecule has 0 aromatic heterocycles. The normalized spacial score (nSPS) is 21.6. The van der Waals surface area contributed by atoms with Crippen LogP contribution in [-0.4, -0.2) is 79.9 Å². The second kappa shape index (κ2) is 11.0. The minimum absolute atomic E-state index is 0.0956. The Morgan fingerprint density at radius 1 is 1.07 bits per heavy atom. The van der Waals surface area contributed by atoms with E-state index in [1.54, 1.807) is 0 Å². The molecule has 160 valence electrons. The number of nitrogens with zero attached hydrogens (tertiary/aromatic N) is 3. The van der Waals surface area contributed by atoms with Crippen LogP contribution >= 0.6 is 0 Å². The molecule has 0 bridgehead atoms. The number of rotatable bonds is 8. The van der Waals surface area contributed by atoms with E-state index in [9.17, 15) is 23.2 Å². The fourth-order valence-electron chi connectivity index (χ4n) is 3.86. The Morgan fingerprint density at radius 2 is 1.68 bits per heavy atom. The maximum Gasteiger partial charge on any atom is 0.411 e. The molecule has 1 amide bonds. The molecule has 1 N–H and O–H groups in total. The lowest BCUT2D eigenvalue weighted by Crippen LogP contribution is -2.53. The Bertz CT molecular complexity index is 520. The first-order valence-corrected chi connectivity index (χ1v) is 10.1. The highest BCUT2D eigenvalue weighted by molar-refractivity contribution is 5.79. The van der Waals surface area contributed by atoms with E-state index in [0.29, 0.717) is 13.0 Å². The summed E-state index contributed by atoms with van der Waals surface area (Å²) in [5.74, 6) is -0.0996. The third-order valence-electron chi connectivity index (χ3n) is 5.41. The van der Waals surface area contributed by atoms with Gasteiger partial charge in [0, 0.05) is 39.3 Å². The zero-order valence-corrected chi connectivity index (χ0v) is 16.4. The molecule has 0 unspecified atom stereocenters. The second-order valence-electron chi connectivity index (χ2n) is 7.80. The largest absolute Gasteiger partial charge is 0.411 e. The third-order valence-corrected chi connectivity index (χ3v) is 5.41. The van der Waals surface area contributed by atoms with Gasteiger partial charge in [-0.15, -0.1) is 0 Å². The molecule has 0 atom stereocenters. The van der Waals surface area contributed by atoms with Crippen molar-refractivity contribution in [3.8, 4) is 6.07 Å². The van der Waals surface area contributed by atoms with Gasteiger partial charge in [0.1, 0.15) is 12.1 Å². The van der Waals surface area contributed by atoms with Crippen LogP contribution in [0.15, 0.2) is 0 Å². The zero-order valence-electron chi connectivity index (χ0n) is 16.4. The van der Waals surface area contributed by atoms with Crippen molar-refractivity contribution in [3.05, 3.63) is 0 Å². The van der Waals surface area contributed by atoms with Crippen LogP contribution in [0.5, 0.6) is 0 Å². The highest BCUT2D eigenvalue weighted by Gasteiger charge is 2.33. The summed E-state index contributed by atoms with van der Waals surface area (Å²) in [7, 11) is 0. The lowest BCUT2D eigenvalue weighted by atomic mass is 9.92. The van der Waals surface area contributed by atoms with Gasteiger partial charge >= 0.3 is 6.18 Å². The number of ether oxygens (including phenoxy) is 1. The van der Waals surface area contributed by atoms with Crippen molar-refractivity contribution in [1.29, 1.82) is 5.26 Å². The van der Waals surface area contributed by atoms with E-state index in [1.807, 2.05) is 0 Å². The van der Waals surface area contributed by atoms with Gasteiger partial charge in [-0.3, -0.25) is 9.69 Å². The first kappa shape index (κ1) is 22.9. The van der Waals surface area contributed by atoms with E-state index >= 15 is 0 Å². The van der Waals surface area contributed by atoms with Gasteiger partial charge in [0.2, 0.25) is 5.91 Å². The number of amides is 1. The molecule has 1 aliphatic carbocycles. The highest BCUT2D eigenvalue weighted by Crippen LogP contribution is 2.26. The minimum Gasteiger partial charge on any atom is -0.372 e. The van der Waals surface area contributed by atoms with Crippen molar-refractivity contribution in [1.82, 2.24) is 15.1 Å². The Kier molecular flexibility index (Phi) is 8.99. The molecule has 6 nitrogen and oxygen atoms in total. The number of hydrogen-bond donors (Lipinski definition) is 1. The van der Waals surface area contributed by atoms with Gasteiger partial charge in [-0.05, 0) is 19.3 Å². The molecule has 1 heterocycles. The van der Waals surface area contributed by atoms with Gasteiger partial charge in [-0.25, -0.2) is 0 Å². The van der Waals surface area contributed by atoms with Gasteiger partial charge < -0.3 is 15.0 Å². The monoisotopic (exact) mass is 404 g/mol. The number of carbonyl (C=O) groups is 1. The van der Waals surface area contributed by atoms with Gasteiger partial charge in [-0.1, -0.05) is 25.7 Å². The highest BCUT2D eigenvalue weighted by atomic mass is 19.4. The molecular weight excluding hydrogens is 373 g/mol. The molecule has 0 aromatic carbocycles. The second-order valence-corrected chi connectivity index (χ2v) is 7.80. The quantitative estimate of drug-likeness (QED) is 0.497. The van der Waals surface area contributed by atoms with Crippen LogP contribution in [0.2, 0.25) is 0 Å². The number of hydrogen-bond acceptors (Lipinski definition) is 5. The van der Waals surface area contributed by atoms with Crippen molar-refractivity contribution in [3.63, 3.8) is 0 Å². The first-order chi connectivity index (χ1) is 13.3. The van der Waals surface area contributed by atoms with Crippen molar-refractivity contribution in [2.24, 2.45) is 0 Å². The summed E-state index contributed by atoms with van der Waals surface area (Å²) in [5, 5.41) is 12.5. The number of alkyl halides is 3. The van der Waals surface area contributed by atoms with Gasteiger partial charge in [0.25, 0.3) is 0 Å². The molecule has 0 spiro atoms. The minimum atomic E-state index is -4.27. The topological polar surface area (TPSA) is 68.6 Å². The van der Waals surface area contributed by atoms with Crippen LogP contribution < -0.4 is 5.32 Å². The number of nitrogens with one attached hydrogen (secondary N) is 1. The van der Waals surface area contributed by atoms with Crippen LogP contribution in [0.1, 0.15) is 44.9 Å².